The minimum absolute atomic E-state index is 0.0393. The molecule has 3 heterocycles. The number of guanidine groups is 1. The number of aldehydes is 1. The summed E-state index contributed by atoms with van der Waals surface area (Å²) in [4.78, 5) is 36.3. The van der Waals surface area contributed by atoms with Crippen molar-refractivity contribution in [3.05, 3.63) is 65.6 Å². The maximum atomic E-state index is 13.3. The minimum atomic E-state index is -4.56. The number of benzene rings is 1. The molecule has 0 unspecified atom stereocenters. The molecular weight excluding hydrogens is 437 g/mol. The van der Waals surface area contributed by atoms with Gasteiger partial charge in [0.15, 0.2) is 12.2 Å². The molecule has 1 N–H and O–H groups in total. The fraction of sp³-hybridized carbons (Fsp3) is 0.273. The molecule has 0 saturated carbocycles. The number of imidazole rings is 1. The van der Waals surface area contributed by atoms with Gasteiger partial charge in [-0.3, -0.25) is 14.0 Å². The third-order valence-electron chi connectivity index (χ3n) is 5.38. The number of carbonyl (C=O) groups is 2. The highest BCUT2D eigenvalue weighted by Crippen LogP contribution is 2.30. The van der Waals surface area contributed by atoms with Gasteiger partial charge in [-0.1, -0.05) is 18.2 Å². The number of fused-ring (bicyclic) bond motifs is 1. The lowest BCUT2D eigenvalue weighted by Gasteiger charge is -2.36. The largest absolute Gasteiger partial charge is 0.431 e. The molecule has 2 aromatic heterocycles. The zero-order valence-corrected chi connectivity index (χ0v) is 17.7. The Morgan fingerprint density at radius 2 is 1.76 bits per heavy atom. The zero-order chi connectivity index (χ0) is 23.6. The number of nitrogens with one attached hydrogen (secondary N) is 1. The second-order valence-corrected chi connectivity index (χ2v) is 7.40. The fourth-order valence-corrected chi connectivity index (χ4v) is 3.72. The van der Waals surface area contributed by atoms with E-state index in [2.05, 4.69) is 15.3 Å². The summed E-state index contributed by atoms with van der Waals surface area (Å²) in [7, 11) is 1.72. The smallest absolute Gasteiger partial charge is 0.359 e. The number of rotatable bonds is 3. The molecule has 1 fully saturated rings. The van der Waals surface area contributed by atoms with E-state index in [0.717, 1.165) is 23.0 Å². The number of hydrogen-bond donors (Lipinski definition) is 1. The van der Waals surface area contributed by atoms with E-state index >= 15 is 0 Å². The van der Waals surface area contributed by atoms with E-state index in [1.54, 1.807) is 36.2 Å². The van der Waals surface area contributed by atoms with Crippen LogP contribution in [0, 0.1) is 0 Å². The molecule has 0 radical (unpaired) electrons. The molecule has 8 nitrogen and oxygen atoms in total. The van der Waals surface area contributed by atoms with Gasteiger partial charge in [-0.25, -0.2) is 9.98 Å². The Morgan fingerprint density at radius 3 is 2.42 bits per heavy atom. The van der Waals surface area contributed by atoms with E-state index in [-0.39, 0.29) is 11.3 Å². The number of nitrogens with zero attached hydrogens (tertiary/aromatic N) is 5. The number of alkyl halides is 3. The SMILES string of the molecule is CN/C(=N\c1ccccc1C=O)N1CCN(C(=O)c2cn3c(C(F)(F)F)cccc3n2)CC1. The maximum Gasteiger partial charge on any atom is 0.431 e. The molecule has 1 aliphatic heterocycles. The van der Waals surface area contributed by atoms with Crippen molar-refractivity contribution in [1.82, 2.24) is 24.5 Å². The standard InChI is InChI=1S/C22H21F3N6O2/c1-26-21(28-16-6-3-2-5-15(16)14-32)30-11-9-29(10-12-30)20(33)17-13-31-18(22(23,24)25)7-4-8-19(31)27-17/h2-8,13-14H,9-12H2,1H3,(H,26,28). The van der Waals surface area contributed by atoms with Crippen molar-refractivity contribution in [1.29, 1.82) is 0 Å². The van der Waals surface area contributed by atoms with E-state index in [1.807, 2.05) is 4.90 Å². The van der Waals surface area contributed by atoms with Crippen LogP contribution >= 0.6 is 0 Å². The lowest BCUT2D eigenvalue weighted by Crippen LogP contribution is -2.53. The quantitative estimate of drug-likeness (QED) is 0.371. The third kappa shape index (κ3) is 4.52. The van der Waals surface area contributed by atoms with Crippen molar-refractivity contribution in [2.24, 2.45) is 4.99 Å². The van der Waals surface area contributed by atoms with Crippen molar-refractivity contribution in [3.63, 3.8) is 0 Å². The summed E-state index contributed by atoms with van der Waals surface area (Å²) in [5, 5.41) is 3.02. The predicted octanol–water partition coefficient (Wildman–Crippen LogP) is 2.83. The summed E-state index contributed by atoms with van der Waals surface area (Å²) in [5.41, 5.74) is 0.124. The topological polar surface area (TPSA) is 82.3 Å². The van der Waals surface area contributed by atoms with Gasteiger partial charge in [0.25, 0.3) is 5.91 Å². The van der Waals surface area contributed by atoms with E-state index in [9.17, 15) is 22.8 Å². The molecule has 1 amide bonds. The van der Waals surface area contributed by atoms with Gasteiger partial charge in [0.05, 0.1) is 5.69 Å². The van der Waals surface area contributed by atoms with Crippen molar-refractivity contribution < 1.29 is 22.8 Å². The summed E-state index contributed by atoms with van der Waals surface area (Å²) in [6.07, 6.45) is -2.69. The van der Waals surface area contributed by atoms with Crippen LogP contribution in [0.15, 0.2) is 53.7 Å². The number of pyridine rings is 1. The first-order chi connectivity index (χ1) is 15.8. The molecule has 172 valence electrons. The molecule has 1 saturated heterocycles. The Hall–Kier alpha value is -3.89. The van der Waals surface area contributed by atoms with Crippen LogP contribution in [0.25, 0.3) is 5.65 Å². The Morgan fingerprint density at radius 1 is 1.06 bits per heavy atom. The van der Waals surface area contributed by atoms with Crippen molar-refractivity contribution in [3.8, 4) is 0 Å². The normalized spacial score (nSPS) is 15.1. The van der Waals surface area contributed by atoms with Crippen molar-refractivity contribution in [2.75, 3.05) is 33.2 Å². The molecule has 11 heteroatoms. The number of hydrogen-bond acceptors (Lipinski definition) is 4. The molecule has 33 heavy (non-hydrogen) atoms. The monoisotopic (exact) mass is 458 g/mol. The molecule has 0 aliphatic carbocycles. The summed E-state index contributed by atoms with van der Waals surface area (Å²) in [6.45, 7) is 1.59. The third-order valence-corrected chi connectivity index (χ3v) is 5.38. The van der Waals surface area contributed by atoms with Crippen LogP contribution in [0.2, 0.25) is 0 Å². The number of piperazine rings is 1. The van der Waals surface area contributed by atoms with Gasteiger partial charge in [0.2, 0.25) is 0 Å². The molecular formula is C22H21F3N6O2. The van der Waals surface area contributed by atoms with E-state index in [1.165, 1.54) is 12.1 Å². The van der Waals surface area contributed by atoms with Gasteiger partial charge in [0.1, 0.15) is 17.0 Å². The Labute approximate surface area is 187 Å². The lowest BCUT2D eigenvalue weighted by atomic mass is 10.2. The van der Waals surface area contributed by atoms with E-state index in [0.29, 0.717) is 43.4 Å². The van der Waals surface area contributed by atoms with Crippen molar-refractivity contribution in [2.45, 2.75) is 6.18 Å². The first kappa shape index (κ1) is 22.3. The average molecular weight is 458 g/mol. The van der Waals surface area contributed by atoms with Crippen LogP contribution in [0.1, 0.15) is 26.5 Å². The fourth-order valence-electron chi connectivity index (χ4n) is 3.72. The first-order valence-electron chi connectivity index (χ1n) is 10.2. The van der Waals surface area contributed by atoms with Crippen molar-refractivity contribution >= 4 is 29.5 Å². The van der Waals surface area contributed by atoms with Crippen LogP contribution < -0.4 is 5.32 Å². The average Bonchev–Trinajstić information content (AvgIpc) is 3.26. The number of carbonyl (C=O) groups excluding carboxylic acids is 2. The summed E-state index contributed by atoms with van der Waals surface area (Å²) in [5.74, 6) is 0.125. The van der Waals surface area contributed by atoms with Gasteiger partial charge in [-0.05, 0) is 24.3 Å². The Bertz CT molecular complexity index is 1210. The maximum absolute atomic E-state index is 13.3. The summed E-state index contributed by atoms with van der Waals surface area (Å²) < 4.78 is 40.6. The number of aromatic nitrogens is 2. The van der Waals surface area contributed by atoms with E-state index < -0.39 is 17.8 Å². The van der Waals surface area contributed by atoms with Crippen LogP contribution in [0.4, 0.5) is 18.9 Å². The molecule has 0 atom stereocenters. The number of aliphatic imine (C=N–C) groups is 1. The van der Waals surface area contributed by atoms with Gasteiger partial charge in [-0.15, -0.1) is 0 Å². The highest BCUT2D eigenvalue weighted by molar-refractivity contribution is 5.93. The van der Waals surface area contributed by atoms with Crippen LogP contribution in [-0.4, -0.2) is 70.6 Å². The van der Waals surface area contributed by atoms with E-state index in [4.69, 9.17) is 0 Å². The van der Waals surface area contributed by atoms with Crippen LogP contribution in [0.3, 0.4) is 0 Å². The second kappa shape index (κ2) is 8.93. The molecule has 1 aromatic carbocycles. The number of amides is 1. The Balaban J connectivity index is 1.49. The number of halogens is 3. The molecule has 4 rings (SSSR count). The summed E-state index contributed by atoms with van der Waals surface area (Å²) >= 11 is 0. The van der Waals surface area contributed by atoms with Gasteiger partial charge in [-0.2, -0.15) is 13.2 Å². The van der Waals surface area contributed by atoms with Crippen LogP contribution in [0.5, 0.6) is 0 Å². The zero-order valence-electron chi connectivity index (χ0n) is 17.7. The molecule has 3 aromatic rings. The highest BCUT2D eigenvalue weighted by atomic mass is 19.4. The second-order valence-electron chi connectivity index (χ2n) is 7.40. The minimum Gasteiger partial charge on any atom is -0.359 e. The lowest BCUT2D eigenvalue weighted by molar-refractivity contribution is -0.142. The van der Waals surface area contributed by atoms with Gasteiger partial charge < -0.3 is 15.1 Å². The first-order valence-corrected chi connectivity index (χ1v) is 10.2. The van der Waals surface area contributed by atoms with Gasteiger partial charge in [0, 0.05) is 45.0 Å². The Kier molecular flexibility index (Phi) is 6.03. The highest BCUT2D eigenvalue weighted by Gasteiger charge is 2.34. The number of para-hydroxylation sites is 1. The summed E-state index contributed by atoms with van der Waals surface area (Å²) in [6, 6.07) is 10.6. The van der Waals surface area contributed by atoms with Gasteiger partial charge >= 0.3 is 6.18 Å². The molecule has 0 bridgehead atoms. The predicted molar refractivity (Wildman–Crippen MR) is 116 cm³/mol. The molecule has 0 spiro atoms. The molecule has 1 aliphatic rings. The van der Waals surface area contributed by atoms with Crippen LogP contribution in [-0.2, 0) is 6.18 Å².